The van der Waals surface area contributed by atoms with Crippen LogP contribution in [0.25, 0.3) is 0 Å². The van der Waals surface area contributed by atoms with E-state index >= 15 is 0 Å². The van der Waals surface area contributed by atoms with Gasteiger partial charge in [0.15, 0.2) is 17.5 Å². The third-order valence-electron chi connectivity index (χ3n) is 3.96. The fraction of sp³-hybridized carbons (Fsp3) is 0.524. The van der Waals surface area contributed by atoms with Crippen LogP contribution >= 0.6 is 11.3 Å². The van der Waals surface area contributed by atoms with E-state index in [4.69, 9.17) is 9.47 Å². The Morgan fingerprint density at radius 3 is 2.54 bits per heavy atom. The number of ether oxygens (including phenoxy) is 2. The van der Waals surface area contributed by atoms with Crippen LogP contribution in [0, 0.1) is 6.92 Å². The van der Waals surface area contributed by atoms with Gasteiger partial charge in [0.25, 0.3) is 0 Å². The first-order valence-corrected chi connectivity index (χ1v) is 10.9. The van der Waals surface area contributed by atoms with Crippen LogP contribution in [0.1, 0.15) is 37.0 Å². The quantitative estimate of drug-likeness (QED) is 0.442. The van der Waals surface area contributed by atoms with E-state index in [0.717, 1.165) is 60.6 Å². The van der Waals surface area contributed by atoms with Crippen molar-refractivity contribution in [2.75, 3.05) is 32.8 Å². The van der Waals surface area contributed by atoms with Gasteiger partial charge in [0.1, 0.15) is 0 Å². The fourth-order valence-corrected chi connectivity index (χ4v) is 3.37. The summed E-state index contributed by atoms with van der Waals surface area (Å²) in [4.78, 5) is 9.13. The molecule has 28 heavy (non-hydrogen) atoms. The molecule has 0 aliphatic heterocycles. The summed E-state index contributed by atoms with van der Waals surface area (Å²) in [5.74, 6) is 2.44. The zero-order chi connectivity index (χ0) is 20.2. The van der Waals surface area contributed by atoms with Crippen LogP contribution in [-0.4, -0.2) is 43.8 Å². The maximum atomic E-state index is 5.71. The van der Waals surface area contributed by atoms with Gasteiger partial charge in [0.2, 0.25) is 0 Å². The Morgan fingerprint density at radius 2 is 1.86 bits per heavy atom. The fourth-order valence-electron chi connectivity index (χ4n) is 2.72. The van der Waals surface area contributed by atoms with Gasteiger partial charge in [-0.25, -0.2) is 4.98 Å². The molecule has 0 bridgehead atoms. The summed E-state index contributed by atoms with van der Waals surface area (Å²) in [5, 5.41) is 9.90. The second-order valence-electron chi connectivity index (χ2n) is 6.19. The Balaban J connectivity index is 1.87. The number of nitrogens with one attached hydrogen (secondary N) is 2. The second-order valence-corrected chi connectivity index (χ2v) is 7.25. The molecule has 0 amide bonds. The Labute approximate surface area is 172 Å². The van der Waals surface area contributed by atoms with E-state index in [1.807, 2.05) is 26.8 Å². The highest BCUT2D eigenvalue weighted by Crippen LogP contribution is 2.28. The van der Waals surface area contributed by atoms with Crippen molar-refractivity contribution in [2.45, 2.75) is 40.5 Å². The second kappa shape index (κ2) is 12.2. The summed E-state index contributed by atoms with van der Waals surface area (Å²) in [6, 6.07) is 6.13. The van der Waals surface area contributed by atoms with Crippen LogP contribution in [0.5, 0.6) is 11.5 Å². The smallest absolute Gasteiger partial charge is 0.191 e. The van der Waals surface area contributed by atoms with Crippen molar-refractivity contribution in [3.63, 3.8) is 0 Å². The maximum Gasteiger partial charge on any atom is 0.191 e. The van der Waals surface area contributed by atoms with Gasteiger partial charge in [-0.05, 0) is 51.8 Å². The number of guanidine groups is 1. The molecule has 154 valence electrons. The zero-order valence-electron chi connectivity index (χ0n) is 17.4. The molecule has 0 aliphatic rings. The van der Waals surface area contributed by atoms with Crippen molar-refractivity contribution in [1.82, 2.24) is 15.6 Å². The molecule has 1 heterocycles. The van der Waals surface area contributed by atoms with Crippen LogP contribution in [0.2, 0.25) is 0 Å². The molecule has 1 aromatic carbocycles. The van der Waals surface area contributed by atoms with Crippen molar-refractivity contribution >= 4 is 17.3 Å². The normalized spacial score (nSPS) is 11.4. The summed E-state index contributed by atoms with van der Waals surface area (Å²) in [5.41, 5.74) is 2.31. The van der Waals surface area contributed by atoms with E-state index in [2.05, 4.69) is 45.0 Å². The molecule has 0 saturated heterocycles. The molecule has 2 rings (SSSR count). The number of aliphatic imine (C=N–C) groups is 1. The third kappa shape index (κ3) is 7.38. The maximum absolute atomic E-state index is 5.71. The highest BCUT2D eigenvalue weighted by atomic mass is 32.1. The van der Waals surface area contributed by atoms with E-state index in [0.29, 0.717) is 13.2 Å². The van der Waals surface area contributed by atoms with Crippen LogP contribution < -0.4 is 20.1 Å². The Hall–Kier alpha value is -2.28. The molecular weight excluding hydrogens is 372 g/mol. The van der Waals surface area contributed by atoms with Crippen molar-refractivity contribution < 1.29 is 9.47 Å². The van der Waals surface area contributed by atoms with Crippen molar-refractivity contribution in [1.29, 1.82) is 0 Å². The van der Waals surface area contributed by atoms with Gasteiger partial charge in [0, 0.05) is 31.4 Å². The molecular formula is C21H32N4O2S. The lowest BCUT2D eigenvalue weighted by atomic mass is 10.1. The zero-order valence-corrected chi connectivity index (χ0v) is 18.2. The number of thiazole rings is 1. The Morgan fingerprint density at radius 1 is 1.07 bits per heavy atom. The Kier molecular flexibility index (Phi) is 9.62. The largest absolute Gasteiger partial charge is 0.490 e. The lowest BCUT2D eigenvalue weighted by Crippen LogP contribution is -2.38. The van der Waals surface area contributed by atoms with Gasteiger partial charge in [-0.2, -0.15) is 0 Å². The highest BCUT2D eigenvalue weighted by molar-refractivity contribution is 7.09. The molecule has 0 atom stereocenters. The monoisotopic (exact) mass is 404 g/mol. The molecule has 0 radical (unpaired) electrons. The number of hydrogen-bond donors (Lipinski definition) is 2. The molecule has 2 aromatic rings. The standard InChI is InChI=1S/C21H32N4O2S/c1-5-22-21(24-13-11-18-15-28-16(4)25-18)23-12-10-17-8-9-19(26-6-2)20(14-17)27-7-3/h8-9,14-15H,5-7,10-13H2,1-4H3,(H2,22,23,24). The van der Waals surface area contributed by atoms with Crippen molar-refractivity contribution in [2.24, 2.45) is 4.99 Å². The summed E-state index contributed by atoms with van der Waals surface area (Å²) in [7, 11) is 0. The first kappa shape index (κ1) is 22.0. The molecule has 0 unspecified atom stereocenters. The van der Waals surface area contributed by atoms with Gasteiger partial charge in [0.05, 0.1) is 23.9 Å². The summed E-state index contributed by atoms with van der Waals surface area (Å²) >= 11 is 1.68. The van der Waals surface area contributed by atoms with E-state index < -0.39 is 0 Å². The lowest BCUT2D eigenvalue weighted by Gasteiger charge is -2.14. The number of aromatic nitrogens is 1. The van der Waals surface area contributed by atoms with Crippen molar-refractivity contribution in [3.8, 4) is 11.5 Å². The number of benzene rings is 1. The predicted octanol–water partition coefficient (Wildman–Crippen LogP) is 3.59. The summed E-state index contributed by atoms with van der Waals surface area (Å²) in [6.45, 7) is 11.7. The van der Waals surface area contributed by atoms with Crippen LogP contribution in [0.4, 0.5) is 0 Å². The highest BCUT2D eigenvalue weighted by Gasteiger charge is 2.06. The minimum Gasteiger partial charge on any atom is -0.490 e. The molecule has 6 nitrogen and oxygen atoms in total. The molecule has 7 heteroatoms. The molecule has 0 saturated carbocycles. The topological polar surface area (TPSA) is 67.8 Å². The number of aryl methyl sites for hydroxylation is 1. The van der Waals surface area contributed by atoms with Crippen LogP contribution in [0.15, 0.2) is 28.6 Å². The van der Waals surface area contributed by atoms with Crippen LogP contribution in [-0.2, 0) is 12.8 Å². The minimum absolute atomic E-state index is 0.623. The third-order valence-corrected chi connectivity index (χ3v) is 4.78. The van der Waals surface area contributed by atoms with Gasteiger partial charge < -0.3 is 20.1 Å². The van der Waals surface area contributed by atoms with Crippen LogP contribution in [0.3, 0.4) is 0 Å². The number of nitrogens with zero attached hydrogens (tertiary/aromatic N) is 2. The first-order valence-electron chi connectivity index (χ1n) is 9.97. The van der Waals surface area contributed by atoms with Gasteiger partial charge >= 0.3 is 0 Å². The Bertz CT molecular complexity index is 746. The minimum atomic E-state index is 0.623. The van der Waals surface area contributed by atoms with Crippen molar-refractivity contribution in [3.05, 3.63) is 39.8 Å². The molecule has 0 spiro atoms. The molecule has 2 N–H and O–H groups in total. The number of hydrogen-bond acceptors (Lipinski definition) is 5. The van der Waals surface area contributed by atoms with Gasteiger partial charge in [-0.3, -0.25) is 4.99 Å². The van der Waals surface area contributed by atoms with Gasteiger partial charge in [-0.15, -0.1) is 11.3 Å². The average Bonchev–Trinajstić information content (AvgIpc) is 3.09. The van der Waals surface area contributed by atoms with E-state index in [1.54, 1.807) is 11.3 Å². The van der Waals surface area contributed by atoms with E-state index in [9.17, 15) is 0 Å². The van der Waals surface area contributed by atoms with E-state index in [1.165, 1.54) is 5.56 Å². The first-order chi connectivity index (χ1) is 13.7. The molecule has 0 fully saturated rings. The molecule has 1 aromatic heterocycles. The molecule has 0 aliphatic carbocycles. The lowest BCUT2D eigenvalue weighted by molar-refractivity contribution is 0.287. The van der Waals surface area contributed by atoms with Gasteiger partial charge in [-0.1, -0.05) is 6.07 Å². The average molecular weight is 405 g/mol. The number of rotatable bonds is 11. The summed E-state index contributed by atoms with van der Waals surface area (Å²) in [6.07, 6.45) is 1.74. The SMILES string of the molecule is CCNC(=NCCc1csc(C)n1)NCCc1ccc(OCC)c(OCC)c1. The van der Waals surface area contributed by atoms with E-state index in [-0.39, 0.29) is 0 Å². The predicted molar refractivity (Wildman–Crippen MR) is 117 cm³/mol. The summed E-state index contributed by atoms with van der Waals surface area (Å²) < 4.78 is 11.3.